The van der Waals surface area contributed by atoms with Crippen LogP contribution in [0.5, 0.6) is 11.5 Å². The van der Waals surface area contributed by atoms with Gasteiger partial charge in [0.25, 0.3) is 0 Å². The Morgan fingerprint density at radius 1 is 0.857 bits per heavy atom. The predicted molar refractivity (Wildman–Crippen MR) is 166 cm³/mol. The van der Waals surface area contributed by atoms with Crippen LogP contribution in [0.2, 0.25) is 0 Å². The monoisotopic (exact) mass is 564 g/mol. The Bertz CT molecular complexity index is 1490. The number of carbonyl (C=O) groups is 1. The van der Waals surface area contributed by atoms with E-state index in [0.717, 1.165) is 81.5 Å². The fraction of sp³-hybridized carbons (Fsp3) is 0.400. The zero-order valence-corrected chi connectivity index (χ0v) is 24.7. The number of aliphatic imine (C=N–C) groups is 1. The number of hydrogen-bond acceptors (Lipinski definition) is 5. The second kappa shape index (κ2) is 12.0. The molecule has 1 amide bonds. The molecular weight excluding hydrogens is 524 g/mol. The molecule has 1 N–H and O–H groups in total. The number of rotatable bonds is 5. The highest BCUT2D eigenvalue weighted by molar-refractivity contribution is 6.06. The molecule has 1 saturated heterocycles. The summed E-state index contributed by atoms with van der Waals surface area (Å²) < 4.78 is 11.0. The third-order valence-corrected chi connectivity index (χ3v) is 9.29. The molecule has 3 aromatic rings. The first-order valence-electron chi connectivity index (χ1n) is 15.1. The summed E-state index contributed by atoms with van der Waals surface area (Å²) >= 11 is 0. The number of methoxy groups -OCH3 is 2. The van der Waals surface area contributed by atoms with Crippen molar-refractivity contribution in [2.75, 3.05) is 33.9 Å². The highest BCUT2D eigenvalue weighted by atomic mass is 16.5. The normalized spacial score (nSPS) is 18.2. The number of aryl methyl sites for hydroxylation is 1. The van der Waals surface area contributed by atoms with Crippen molar-refractivity contribution in [1.82, 2.24) is 9.80 Å². The lowest BCUT2D eigenvalue weighted by molar-refractivity contribution is -0.145. The highest BCUT2D eigenvalue weighted by Crippen LogP contribution is 2.39. The van der Waals surface area contributed by atoms with Gasteiger partial charge >= 0.3 is 0 Å². The molecule has 3 heterocycles. The van der Waals surface area contributed by atoms with Gasteiger partial charge < -0.3 is 19.3 Å². The van der Waals surface area contributed by atoms with E-state index in [1.54, 1.807) is 14.2 Å². The fourth-order valence-corrected chi connectivity index (χ4v) is 6.91. The molecule has 3 aliphatic heterocycles. The van der Waals surface area contributed by atoms with E-state index in [1.165, 1.54) is 16.7 Å². The Hall–Kier alpha value is -4.13. The number of benzene rings is 3. The quantitative estimate of drug-likeness (QED) is 0.433. The van der Waals surface area contributed by atoms with E-state index >= 15 is 0 Å². The number of amides is 1. The van der Waals surface area contributed by atoms with Crippen molar-refractivity contribution in [3.8, 4) is 11.5 Å². The molecule has 0 bridgehead atoms. The number of fused-ring (bicyclic) bond motifs is 2. The predicted octanol–water partition coefficient (Wildman–Crippen LogP) is 5.67. The van der Waals surface area contributed by atoms with Crippen LogP contribution in [0, 0.1) is 10.8 Å². The Morgan fingerprint density at radius 3 is 2.29 bits per heavy atom. The number of carbonyl (C=O) groups excluding carboxylic acids is 1. The van der Waals surface area contributed by atoms with Crippen molar-refractivity contribution in [3.05, 3.63) is 94.5 Å². The maximum Gasteiger partial charge on any atom is 0.229 e. The molecule has 3 aromatic carbocycles. The van der Waals surface area contributed by atoms with Gasteiger partial charge in [-0.1, -0.05) is 54.6 Å². The second-order valence-corrected chi connectivity index (χ2v) is 11.8. The summed E-state index contributed by atoms with van der Waals surface area (Å²) in [7, 11) is 3.25. The standard InChI is InChI=1S/C35H40N4O3/c1-41-30-21-27-13-8-14-32(37-33(36)29(27)22-31(30)42-2)38-19-16-35(17-20-38,23-25-9-4-3-5-10-25)34(40)39-18-15-26-11-6-7-12-28(26)24-39/h3-7,9-12,21-22,36H,8,13-20,23-24H2,1-2H3. The Kier molecular flexibility index (Phi) is 8.00. The van der Waals surface area contributed by atoms with Gasteiger partial charge in [0.15, 0.2) is 17.3 Å². The average Bonchev–Trinajstić information content (AvgIpc) is 3.03. The summed E-state index contributed by atoms with van der Waals surface area (Å²) in [6.07, 6.45) is 5.78. The molecule has 0 radical (unpaired) electrons. The van der Waals surface area contributed by atoms with Crippen LogP contribution in [0.4, 0.5) is 0 Å². The van der Waals surface area contributed by atoms with Crippen molar-refractivity contribution < 1.29 is 14.3 Å². The van der Waals surface area contributed by atoms with Crippen LogP contribution in [0.25, 0.3) is 0 Å². The summed E-state index contributed by atoms with van der Waals surface area (Å²) in [5.74, 6) is 2.78. The van der Waals surface area contributed by atoms with Crippen LogP contribution in [0.15, 0.2) is 71.7 Å². The van der Waals surface area contributed by atoms with Gasteiger partial charge in [-0.15, -0.1) is 0 Å². The van der Waals surface area contributed by atoms with Gasteiger partial charge in [-0.3, -0.25) is 10.2 Å². The SMILES string of the molecule is COc1cc2c(cc1OC)C(=N)N=C(N1CCC(Cc3ccccc3)(C(=O)N3CCc4ccccc4C3)CC1)CCC2. The lowest BCUT2D eigenvalue weighted by Gasteiger charge is -2.45. The van der Waals surface area contributed by atoms with E-state index in [2.05, 4.69) is 58.3 Å². The number of likely N-dealkylation sites (tertiary alicyclic amines) is 1. The maximum absolute atomic E-state index is 14.4. The minimum absolute atomic E-state index is 0.254. The van der Waals surface area contributed by atoms with Crippen LogP contribution >= 0.6 is 0 Å². The van der Waals surface area contributed by atoms with Crippen LogP contribution in [0.1, 0.15) is 53.5 Å². The molecule has 42 heavy (non-hydrogen) atoms. The second-order valence-electron chi connectivity index (χ2n) is 11.8. The number of piperidine rings is 1. The largest absolute Gasteiger partial charge is 0.493 e. The maximum atomic E-state index is 14.4. The van der Waals surface area contributed by atoms with Crippen molar-refractivity contribution >= 4 is 17.6 Å². The van der Waals surface area contributed by atoms with Crippen LogP contribution in [-0.4, -0.2) is 61.2 Å². The van der Waals surface area contributed by atoms with Crippen molar-refractivity contribution in [3.63, 3.8) is 0 Å². The van der Waals surface area contributed by atoms with Gasteiger partial charge in [-0.25, -0.2) is 4.99 Å². The van der Waals surface area contributed by atoms with Gasteiger partial charge in [0.05, 0.1) is 19.6 Å². The molecular formula is C35H40N4O3. The lowest BCUT2D eigenvalue weighted by Crippen LogP contribution is -2.53. The van der Waals surface area contributed by atoms with E-state index in [4.69, 9.17) is 19.9 Å². The molecule has 0 saturated carbocycles. The Balaban J connectivity index is 1.23. The number of nitrogens with zero attached hydrogens (tertiary/aromatic N) is 3. The highest BCUT2D eigenvalue weighted by Gasteiger charge is 2.44. The number of hydrogen-bond donors (Lipinski definition) is 1. The first-order valence-corrected chi connectivity index (χ1v) is 15.1. The van der Waals surface area contributed by atoms with Gasteiger partial charge in [0.1, 0.15) is 5.84 Å². The number of ether oxygens (including phenoxy) is 2. The van der Waals surface area contributed by atoms with Crippen molar-refractivity contribution in [2.45, 2.75) is 51.5 Å². The summed E-state index contributed by atoms with van der Waals surface area (Å²) in [5, 5.41) is 8.87. The third-order valence-electron chi connectivity index (χ3n) is 9.29. The zero-order valence-electron chi connectivity index (χ0n) is 24.7. The Morgan fingerprint density at radius 2 is 1.55 bits per heavy atom. The molecule has 3 aliphatic rings. The van der Waals surface area contributed by atoms with E-state index in [1.807, 2.05) is 18.2 Å². The molecule has 0 unspecified atom stereocenters. The molecule has 0 spiro atoms. The number of amidine groups is 2. The smallest absolute Gasteiger partial charge is 0.229 e. The first kappa shape index (κ1) is 28.0. The van der Waals surface area contributed by atoms with E-state index in [9.17, 15) is 4.79 Å². The third kappa shape index (κ3) is 5.52. The molecule has 7 heteroatoms. The van der Waals surface area contributed by atoms with E-state index < -0.39 is 5.41 Å². The van der Waals surface area contributed by atoms with Gasteiger partial charge in [-0.05, 0) is 72.9 Å². The van der Waals surface area contributed by atoms with Crippen LogP contribution < -0.4 is 9.47 Å². The topological polar surface area (TPSA) is 78.2 Å². The average molecular weight is 565 g/mol. The summed E-state index contributed by atoms with van der Waals surface area (Å²) in [5.41, 5.74) is 5.24. The molecule has 218 valence electrons. The first-order chi connectivity index (χ1) is 20.5. The molecule has 7 nitrogen and oxygen atoms in total. The van der Waals surface area contributed by atoms with E-state index in [-0.39, 0.29) is 11.7 Å². The summed E-state index contributed by atoms with van der Waals surface area (Å²) in [4.78, 5) is 23.7. The molecule has 0 atom stereocenters. The Labute approximate surface area is 248 Å². The van der Waals surface area contributed by atoms with E-state index in [0.29, 0.717) is 18.0 Å². The fourth-order valence-electron chi connectivity index (χ4n) is 6.91. The molecule has 1 fully saturated rings. The van der Waals surface area contributed by atoms with Crippen molar-refractivity contribution in [1.29, 1.82) is 5.41 Å². The number of nitrogens with one attached hydrogen (secondary N) is 1. The van der Waals surface area contributed by atoms with Gasteiger partial charge in [0, 0.05) is 38.2 Å². The minimum atomic E-state index is -0.448. The molecule has 0 aliphatic carbocycles. The van der Waals surface area contributed by atoms with Crippen LogP contribution in [0.3, 0.4) is 0 Å². The summed E-state index contributed by atoms with van der Waals surface area (Å²) in [6, 6.07) is 22.8. The zero-order chi connectivity index (χ0) is 29.1. The van der Waals surface area contributed by atoms with Crippen molar-refractivity contribution in [2.24, 2.45) is 10.4 Å². The van der Waals surface area contributed by atoms with Crippen LogP contribution in [-0.2, 0) is 30.6 Å². The lowest BCUT2D eigenvalue weighted by atomic mass is 9.72. The van der Waals surface area contributed by atoms with Gasteiger partial charge in [0.2, 0.25) is 5.91 Å². The summed E-state index contributed by atoms with van der Waals surface area (Å²) in [6.45, 7) is 2.97. The minimum Gasteiger partial charge on any atom is -0.493 e. The van der Waals surface area contributed by atoms with Gasteiger partial charge in [-0.2, -0.15) is 0 Å². The molecule has 6 rings (SSSR count). The molecule has 0 aromatic heterocycles.